The van der Waals surface area contributed by atoms with Crippen LogP contribution in [0.5, 0.6) is 0 Å². The third kappa shape index (κ3) is 4.41. The van der Waals surface area contributed by atoms with Crippen molar-refractivity contribution < 1.29 is 14.6 Å². The first-order chi connectivity index (χ1) is 13.0. The fraction of sp³-hybridized carbons (Fsp3) is 0.478. The molecule has 0 aromatic heterocycles. The van der Waals surface area contributed by atoms with Crippen LogP contribution in [-0.4, -0.2) is 42.1 Å². The molecule has 2 heterocycles. The second-order valence-electron chi connectivity index (χ2n) is 8.00. The number of hydrogen-bond donors (Lipinski definition) is 1. The van der Waals surface area contributed by atoms with Gasteiger partial charge in [0.1, 0.15) is 0 Å². The van der Waals surface area contributed by atoms with Gasteiger partial charge in [0.2, 0.25) is 0 Å². The maximum absolute atomic E-state index is 11.2. The van der Waals surface area contributed by atoms with Crippen LogP contribution in [-0.2, 0) is 28.0 Å². The number of likely N-dealkylation sites (tertiary alicyclic amines) is 1. The fourth-order valence-electron chi connectivity index (χ4n) is 4.17. The van der Waals surface area contributed by atoms with Gasteiger partial charge in [-0.05, 0) is 36.5 Å². The van der Waals surface area contributed by atoms with Crippen molar-refractivity contribution in [1.29, 1.82) is 0 Å². The van der Waals surface area contributed by atoms with Crippen molar-refractivity contribution in [3.8, 4) is 0 Å². The number of hydrogen-bond acceptors (Lipinski definition) is 4. The largest absolute Gasteiger partial charge is 0.385 e. The van der Waals surface area contributed by atoms with Crippen molar-refractivity contribution in [2.75, 3.05) is 26.3 Å². The van der Waals surface area contributed by atoms with E-state index in [1.807, 2.05) is 13.0 Å². The van der Waals surface area contributed by atoms with Gasteiger partial charge in [-0.1, -0.05) is 54.6 Å². The van der Waals surface area contributed by atoms with Crippen molar-refractivity contribution >= 4 is 0 Å². The molecule has 2 aliphatic rings. The van der Waals surface area contributed by atoms with E-state index in [4.69, 9.17) is 9.47 Å². The SMILES string of the molecule is CC1(Cc2ccc(C3(O)CCN(Cc4ccccc4)CC3)cc2)OCCO1. The third-order valence-electron chi connectivity index (χ3n) is 5.85. The van der Waals surface area contributed by atoms with Crippen molar-refractivity contribution in [2.24, 2.45) is 0 Å². The van der Waals surface area contributed by atoms with Crippen LogP contribution in [0.1, 0.15) is 36.5 Å². The normalized spacial score (nSPS) is 22.0. The van der Waals surface area contributed by atoms with Gasteiger partial charge in [-0.2, -0.15) is 0 Å². The minimum Gasteiger partial charge on any atom is -0.385 e. The van der Waals surface area contributed by atoms with Crippen LogP contribution in [0.3, 0.4) is 0 Å². The first-order valence-electron chi connectivity index (χ1n) is 9.91. The average Bonchev–Trinajstić information content (AvgIpc) is 3.11. The molecule has 0 aliphatic carbocycles. The Morgan fingerprint density at radius 3 is 2.15 bits per heavy atom. The van der Waals surface area contributed by atoms with Crippen LogP contribution >= 0.6 is 0 Å². The lowest BCUT2D eigenvalue weighted by Crippen LogP contribution is -2.42. The number of nitrogens with zero attached hydrogens (tertiary/aromatic N) is 1. The number of benzene rings is 2. The molecule has 0 atom stereocenters. The van der Waals surface area contributed by atoms with Gasteiger partial charge >= 0.3 is 0 Å². The van der Waals surface area contributed by atoms with Crippen molar-refractivity contribution in [2.45, 2.75) is 44.1 Å². The second kappa shape index (κ2) is 7.72. The Labute approximate surface area is 161 Å². The Balaban J connectivity index is 1.35. The molecule has 4 rings (SSSR count). The van der Waals surface area contributed by atoms with Gasteiger partial charge in [-0.15, -0.1) is 0 Å². The van der Waals surface area contributed by atoms with E-state index in [1.54, 1.807) is 0 Å². The topological polar surface area (TPSA) is 41.9 Å². The Morgan fingerprint density at radius 2 is 1.52 bits per heavy atom. The smallest absolute Gasteiger partial charge is 0.169 e. The summed E-state index contributed by atoms with van der Waals surface area (Å²) in [6.07, 6.45) is 2.27. The molecule has 2 aromatic rings. The van der Waals surface area contributed by atoms with E-state index in [-0.39, 0.29) is 0 Å². The summed E-state index contributed by atoms with van der Waals surface area (Å²) in [5, 5.41) is 11.2. The molecule has 4 heteroatoms. The molecule has 4 nitrogen and oxygen atoms in total. The summed E-state index contributed by atoms with van der Waals surface area (Å²) in [6, 6.07) is 18.9. The summed E-state index contributed by atoms with van der Waals surface area (Å²) in [6.45, 7) is 6.08. The molecule has 2 fully saturated rings. The first kappa shape index (κ1) is 18.6. The molecular formula is C23H29NO3. The van der Waals surface area contributed by atoms with Gasteiger partial charge in [0.15, 0.2) is 5.79 Å². The highest BCUT2D eigenvalue weighted by Gasteiger charge is 2.34. The zero-order chi connectivity index (χ0) is 18.7. The number of ether oxygens (including phenoxy) is 2. The molecule has 144 valence electrons. The summed E-state index contributed by atoms with van der Waals surface area (Å²) >= 11 is 0. The molecular weight excluding hydrogens is 338 g/mol. The van der Waals surface area contributed by atoms with Crippen LogP contribution in [0, 0.1) is 0 Å². The van der Waals surface area contributed by atoms with E-state index < -0.39 is 11.4 Å². The van der Waals surface area contributed by atoms with Gasteiger partial charge in [0.05, 0.1) is 18.8 Å². The Hall–Kier alpha value is -1.72. The van der Waals surface area contributed by atoms with E-state index in [0.717, 1.165) is 44.5 Å². The van der Waals surface area contributed by atoms with Gasteiger partial charge in [0.25, 0.3) is 0 Å². The molecule has 2 aliphatic heterocycles. The Morgan fingerprint density at radius 1 is 0.889 bits per heavy atom. The second-order valence-corrected chi connectivity index (χ2v) is 8.00. The lowest BCUT2D eigenvalue weighted by molar-refractivity contribution is -0.140. The van der Waals surface area contributed by atoms with Crippen LogP contribution in [0.15, 0.2) is 54.6 Å². The summed E-state index contributed by atoms with van der Waals surface area (Å²) in [4.78, 5) is 2.42. The van der Waals surface area contributed by atoms with Gasteiger partial charge in [0, 0.05) is 26.1 Å². The highest BCUT2D eigenvalue weighted by Crippen LogP contribution is 2.34. The molecule has 0 amide bonds. The number of rotatable bonds is 5. The molecule has 2 aromatic carbocycles. The standard InChI is InChI=1S/C23H29NO3/c1-22(26-15-16-27-22)17-19-7-9-21(10-8-19)23(25)11-13-24(14-12-23)18-20-5-3-2-4-6-20/h2-10,25H,11-18H2,1H3. The molecule has 2 saturated heterocycles. The zero-order valence-corrected chi connectivity index (χ0v) is 16.1. The fourth-order valence-corrected chi connectivity index (χ4v) is 4.17. The van der Waals surface area contributed by atoms with Gasteiger partial charge < -0.3 is 14.6 Å². The Bertz CT molecular complexity index is 730. The molecule has 27 heavy (non-hydrogen) atoms. The molecule has 0 radical (unpaired) electrons. The van der Waals surface area contributed by atoms with Gasteiger partial charge in [-0.3, -0.25) is 4.90 Å². The zero-order valence-electron chi connectivity index (χ0n) is 16.1. The van der Waals surface area contributed by atoms with Crippen molar-refractivity contribution in [3.05, 3.63) is 71.3 Å². The maximum Gasteiger partial charge on any atom is 0.169 e. The average molecular weight is 367 g/mol. The first-order valence-corrected chi connectivity index (χ1v) is 9.91. The maximum atomic E-state index is 11.2. The minimum absolute atomic E-state index is 0.513. The van der Waals surface area contributed by atoms with Gasteiger partial charge in [-0.25, -0.2) is 0 Å². The highest BCUT2D eigenvalue weighted by atomic mass is 16.7. The van der Waals surface area contributed by atoms with Crippen LogP contribution < -0.4 is 0 Å². The summed E-state index contributed by atoms with van der Waals surface area (Å²) in [5.41, 5.74) is 2.80. The molecule has 0 spiro atoms. The summed E-state index contributed by atoms with van der Waals surface area (Å²) < 4.78 is 11.4. The lowest BCUT2D eigenvalue weighted by Gasteiger charge is -2.38. The van der Waals surface area contributed by atoms with E-state index in [1.165, 1.54) is 11.1 Å². The van der Waals surface area contributed by atoms with Crippen molar-refractivity contribution in [1.82, 2.24) is 4.90 Å². The van der Waals surface area contributed by atoms with E-state index in [0.29, 0.717) is 13.2 Å². The monoisotopic (exact) mass is 367 g/mol. The molecule has 1 N–H and O–H groups in total. The molecule has 0 bridgehead atoms. The van der Waals surface area contributed by atoms with Crippen LogP contribution in [0.2, 0.25) is 0 Å². The van der Waals surface area contributed by atoms with E-state index in [9.17, 15) is 5.11 Å². The van der Waals surface area contributed by atoms with Crippen molar-refractivity contribution in [3.63, 3.8) is 0 Å². The highest BCUT2D eigenvalue weighted by molar-refractivity contribution is 5.28. The van der Waals surface area contributed by atoms with Crippen LogP contribution in [0.25, 0.3) is 0 Å². The third-order valence-corrected chi connectivity index (χ3v) is 5.85. The predicted molar refractivity (Wildman–Crippen MR) is 105 cm³/mol. The molecule has 0 saturated carbocycles. The quantitative estimate of drug-likeness (QED) is 0.879. The molecule has 0 unspecified atom stereocenters. The van der Waals surface area contributed by atoms with Crippen LogP contribution in [0.4, 0.5) is 0 Å². The summed E-state index contributed by atoms with van der Waals surface area (Å²) in [5.74, 6) is -0.513. The minimum atomic E-state index is -0.726. The summed E-state index contributed by atoms with van der Waals surface area (Å²) in [7, 11) is 0. The predicted octanol–water partition coefficient (Wildman–Crippen LogP) is 3.48. The number of aliphatic hydroxyl groups is 1. The van der Waals surface area contributed by atoms with E-state index in [2.05, 4.69) is 53.4 Å². The Kier molecular flexibility index (Phi) is 5.33. The van der Waals surface area contributed by atoms with E-state index >= 15 is 0 Å². The number of piperidine rings is 1. The lowest BCUT2D eigenvalue weighted by atomic mass is 9.83.